The van der Waals surface area contributed by atoms with E-state index in [0.717, 1.165) is 96.3 Å². The quantitative estimate of drug-likeness (QED) is 0.0204. The van der Waals surface area contributed by atoms with E-state index in [2.05, 4.69) is 104 Å². The molecule has 0 aromatic rings. The number of aliphatic hydroxyl groups excluding tert-OH is 8. The van der Waals surface area contributed by atoms with Gasteiger partial charge in [-0.05, 0) is 77.0 Å². The molecule has 0 radical (unpaired) electrons. The number of ether oxygens (including phenoxy) is 4. The molecule has 79 heavy (non-hydrogen) atoms. The van der Waals surface area contributed by atoms with Crippen molar-refractivity contribution >= 4 is 5.91 Å². The first-order chi connectivity index (χ1) is 38.6. The van der Waals surface area contributed by atoms with Crippen molar-refractivity contribution in [3.8, 4) is 0 Å². The van der Waals surface area contributed by atoms with Crippen LogP contribution >= 0.6 is 0 Å². The Hall–Kier alpha value is -3.09. The summed E-state index contributed by atoms with van der Waals surface area (Å²) in [5.74, 6) is -0.247. The fourth-order valence-electron chi connectivity index (χ4n) is 9.56. The standard InChI is InChI=1S/C65H111NO13/c1-3-5-7-9-11-12-13-14-15-16-17-18-19-20-21-22-23-24-25-26-27-28-29-30-31-32-33-34-35-36-37-38-39-40-41-42-43-45-47-49-57(70)66-53(54(69)48-46-44-10-8-6-4-2)52-76-64-62(75)60(73)63(56(51-68)78-64)79-65-61(74)59(72)58(71)55(50-67)77-65/h5,7,11-12,14-15,17-18,20-21,23-24,26-27,46,48,53-56,58-65,67-69,71-75H,3-4,6,8-10,13,16,19,22,25,28-45,47,49-52H2,1-2H3,(H,66,70)/b7-5-,12-11-,15-14-,18-17-,21-20-,24-23-,27-26-,48-46+. The van der Waals surface area contributed by atoms with Gasteiger partial charge in [-0.1, -0.05) is 227 Å². The number of hydrogen-bond acceptors (Lipinski definition) is 13. The number of rotatable bonds is 48. The van der Waals surface area contributed by atoms with Crippen LogP contribution in [0.5, 0.6) is 0 Å². The van der Waals surface area contributed by atoms with Gasteiger partial charge in [-0.25, -0.2) is 0 Å². The first kappa shape index (κ1) is 72.0. The molecule has 12 unspecified atom stereocenters. The van der Waals surface area contributed by atoms with Gasteiger partial charge in [-0.15, -0.1) is 0 Å². The van der Waals surface area contributed by atoms with Gasteiger partial charge < -0.3 is 65.1 Å². The van der Waals surface area contributed by atoms with Gasteiger partial charge in [0, 0.05) is 6.42 Å². The topological polar surface area (TPSA) is 228 Å². The van der Waals surface area contributed by atoms with Crippen LogP contribution in [0.3, 0.4) is 0 Å². The van der Waals surface area contributed by atoms with Crippen molar-refractivity contribution in [2.75, 3.05) is 19.8 Å². The SMILES string of the molecule is CC/C=C\C/C=C\C/C=C\C/C=C\C/C=C\C/C=C\C/C=C\CCCCCCCCCCCCCCCCCCCC(=O)NC(COC1OC(CO)C(OC2OC(CO)C(O)C(O)C2O)C(O)C1O)C(O)/C=C/CCCCCC. The minimum Gasteiger partial charge on any atom is -0.394 e. The third kappa shape index (κ3) is 34.8. The molecule has 14 nitrogen and oxygen atoms in total. The lowest BCUT2D eigenvalue weighted by Crippen LogP contribution is -2.65. The lowest BCUT2D eigenvalue weighted by atomic mass is 9.97. The summed E-state index contributed by atoms with van der Waals surface area (Å²) < 4.78 is 22.6. The zero-order valence-electron chi connectivity index (χ0n) is 48.8. The summed E-state index contributed by atoms with van der Waals surface area (Å²) in [6.45, 7) is 2.57. The minimum absolute atomic E-state index is 0.247. The Bertz CT molecular complexity index is 1690. The van der Waals surface area contributed by atoms with Crippen molar-refractivity contribution in [3.63, 3.8) is 0 Å². The summed E-state index contributed by atoms with van der Waals surface area (Å²) in [7, 11) is 0. The predicted octanol–water partition coefficient (Wildman–Crippen LogP) is 11.1. The highest BCUT2D eigenvalue weighted by atomic mass is 16.7. The molecule has 2 rings (SSSR count). The van der Waals surface area contributed by atoms with Gasteiger partial charge in [-0.2, -0.15) is 0 Å². The molecule has 0 bridgehead atoms. The number of unbranched alkanes of at least 4 members (excludes halogenated alkanes) is 21. The molecule has 0 aromatic carbocycles. The summed E-state index contributed by atoms with van der Waals surface area (Å²) >= 11 is 0. The molecule has 2 fully saturated rings. The molecule has 9 N–H and O–H groups in total. The molecule has 0 saturated carbocycles. The number of hydrogen-bond donors (Lipinski definition) is 9. The van der Waals surface area contributed by atoms with E-state index in [9.17, 15) is 45.6 Å². The van der Waals surface area contributed by atoms with Gasteiger partial charge in [-0.3, -0.25) is 4.79 Å². The largest absolute Gasteiger partial charge is 0.394 e. The second-order valence-corrected chi connectivity index (χ2v) is 21.5. The Kier molecular flexibility index (Phi) is 45.1. The van der Waals surface area contributed by atoms with Crippen LogP contribution in [-0.4, -0.2) is 140 Å². The van der Waals surface area contributed by atoms with E-state index in [1.54, 1.807) is 6.08 Å². The Labute approximate surface area is 477 Å². The van der Waals surface area contributed by atoms with Crippen LogP contribution in [0.1, 0.15) is 213 Å². The lowest BCUT2D eigenvalue weighted by molar-refractivity contribution is -0.359. The van der Waals surface area contributed by atoms with Crippen molar-refractivity contribution < 1.29 is 64.6 Å². The molecule has 0 aromatic heterocycles. The zero-order chi connectivity index (χ0) is 57.4. The molecule has 14 heteroatoms. The van der Waals surface area contributed by atoms with Gasteiger partial charge in [0.1, 0.15) is 48.8 Å². The molecule has 0 aliphatic carbocycles. The Morgan fingerprint density at radius 1 is 0.468 bits per heavy atom. The fraction of sp³-hybridized carbons (Fsp3) is 0.738. The van der Waals surface area contributed by atoms with Crippen LogP contribution < -0.4 is 5.32 Å². The van der Waals surface area contributed by atoms with E-state index in [1.165, 1.54) is 89.9 Å². The number of aliphatic hydroxyl groups is 8. The average molecular weight is 1110 g/mol. The number of amides is 1. The van der Waals surface area contributed by atoms with Crippen molar-refractivity contribution in [1.29, 1.82) is 0 Å². The monoisotopic (exact) mass is 1110 g/mol. The molecular formula is C65H111NO13. The van der Waals surface area contributed by atoms with Gasteiger partial charge in [0.05, 0.1) is 32.0 Å². The predicted molar refractivity (Wildman–Crippen MR) is 318 cm³/mol. The van der Waals surface area contributed by atoms with Crippen molar-refractivity contribution in [1.82, 2.24) is 5.32 Å². The Morgan fingerprint density at radius 3 is 1.34 bits per heavy atom. The minimum atomic E-state index is -1.79. The van der Waals surface area contributed by atoms with Crippen LogP contribution in [0.15, 0.2) is 97.2 Å². The van der Waals surface area contributed by atoms with Crippen molar-refractivity contribution in [2.45, 2.75) is 286 Å². The zero-order valence-corrected chi connectivity index (χ0v) is 48.8. The second kappa shape index (κ2) is 49.5. The molecule has 2 aliphatic heterocycles. The van der Waals surface area contributed by atoms with Crippen LogP contribution in [-0.2, 0) is 23.7 Å². The van der Waals surface area contributed by atoms with E-state index >= 15 is 0 Å². The molecular weight excluding hydrogens is 1000 g/mol. The van der Waals surface area contributed by atoms with E-state index in [-0.39, 0.29) is 18.9 Å². The highest BCUT2D eigenvalue weighted by Crippen LogP contribution is 2.30. The first-order valence-corrected chi connectivity index (χ1v) is 31.0. The van der Waals surface area contributed by atoms with Gasteiger partial charge in [0.15, 0.2) is 12.6 Å². The van der Waals surface area contributed by atoms with Crippen LogP contribution in [0.4, 0.5) is 0 Å². The normalized spacial score (nSPS) is 25.1. The van der Waals surface area contributed by atoms with Gasteiger partial charge >= 0.3 is 0 Å². The average Bonchev–Trinajstić information content (AvgIpc) is 3.47. The second-order valence-electron chi connectivity index (χ2n) is 21.5. The fourth-order valence-corrected chi connectivity index (χ4v) is 9.56. The van der Waals surface area contributed by atoms with E-state index < -0.39 is 86.8 Å². The highest BCUT2D eigenvalue weighted by molar-refractivity contribution is 5.76. The van der Waals surface area contributed by atoms with Gasteiger partial charge in [0.25, 0.3) is 0 Å². The van der Waals surface area contributed by atoms with E-state index in [4.69, 9.17) is 18.9 Å². The summed E-state index contributed by atoms with van der Waals surface area (Å²) in [5.41, 5.74) is 0. The smallest absolute Gasteiger partial charge is 0.220 e. The summed E-state index contributed by atoms with van der Waals surface area (Å²) in [5, 5.41) is 86.5. The van der Waals surface area contributed by atoms with Gasteiger partial charge in [0.2, 0.25) is 5.91 Å². The maximum Gasteiger partial charge on any atom is 0.220 e. The third-order valence-corrected chi connectivity index (χ3v) is 14.5. The molecule has 454 valence electrons. The van der Waals surface area contributed by atoms with Crippen molar-refractivity contribution in [2.24, 2.45) is 0 Å². The molecule has 2 heterocycles. The number of carbonyl (C=O) groups is 1. The molecule has 0 spiro atoms. The van der Waals surface area contributed by atoms with Crippen LogP contribution in [0.25, 0.3) is 0 Å². The highest BCUT2D eigenvalue weighted by Gasteiger charge is 2.51. The number of nitrogens with one attached hydrogen (secondary N) is 1. The van der Waals surface area contributed by atoms with Crippen molar-refractivity contribution in [3.05, 3.63) is 97.2 Å². The number of allylic oxidation sites excluding steroid dienone is 15. The summed E-state index contributed by atoms with van der Waals surface area (Å²) in [6, 6.07) is -0.914. The molecule has 1 amide bonds. The maximum atomic E-state index is 13.1. The molecule has 2 saturated heterocycles. The number of carbonyl (C=O) groups excluding carboxylic acids is 1. The Morgan fingerprint density at radius 2 is 0.873 bits per heavy atom. The first-order valence-electron chi connectivity index (χ1n) is 31.0. The van der Waals surface area contributed by atoms with E-state index in [0.29, 0.717) is 6.42 Å². The third-order valence-electron chi connectivity index (χ3n) is 14.5. The van der Waals surface area contributed by atoms with E-state index in [1.807, 2.05) is 6.08 Å². The summed E-state index contributed by atoms with van der Waals surface area (Å²) in [6.07, 6.45) is 52.5. The maximum absolute atomic E-state index is 13.1. The molecule has 2 aliphatic rings. The molecule has 12 atom stereocenters. The van der Waals surface area contributed by atoms with Crippen LogP contribution in [0.2, 0.25) is 0 Å². The lowest BCUT2D eigenvalue weighted by Gasteiger charge is -2.46. The Balaban J connectivity index is 1.51. The summed E-state index contributed by atoms with van der Waals surface area (Å²) in [4.78, 5) is 13.1. The van der Waals surface area contributed by atoms with Crippen LogP contribution in [0, 0.1) is 0 Å².